The maximum atomic E-state index is 10.5. The van der Waals surface area contributed by atoms with Crippen molar-refractivity contribution in [3.8, 4) is 0 Å². The monoisotopic (exact) mass is 523 g/mol. The molecule has 0 aliphatic carbocycles. The number of ether oxygens (including phenoxy) is 1. The second-order valence-electron chi connectivity index (χ2n) is 7.89. The van der Waals surface area contributed by atoms with Crippen LogP contribution >= 0.6 is 24.0 Å². The molecule has 1 atom stereocenters. The van der Waals surface area contributed by atoms with Crippen molar-refractivity contribution in [2.24, 2.45) is 4.99 Å². The molecule has 3 N–H and O–H groups in total. The van der Waals surface area contributed by atoms with Gasteiger partial charge in [0, 0.05) is 39.1 Å². The number of aliphatic hydroxyl groups is 1. The topological polar surface area (TPSA) is 85.5 Å². The summed E-state index contributed by atoms with van der Waals surface area (Å²) in [7, 11) is 3.90. The number of furan rings is 1. The minimum atomic E-state index is -0.868. The molecule has 0 amide bonds. The highest BCUT2D eigenvalue weighted by Gasteiger charge is 2.21. The van der Waals surface area contributed by atoms with Crippen LogP contribution in [-0.4, -0.2) is 99.6 Å². The lowest BCUT2D eigenvalue weighted by Gasteiger charge is -2.27. The van der Waals surface area contributed by atoms with E-state index in [1.54, 1.807) is 6.26 Å². The Morgan fingerprint density at radius 3 is 2.66 bits per heavy atom. The fourth-order valence-corrected chi connectivity index (χ4v) is 3.25. The van der Waals surface area contributed by atoms with Crippen LogP contribution in [0.4, 0.5) is 0 Å². The van der Waals surface area contributed by atoms with E-state index < -0.39 is 5.60 Å². The van der Waals surface area contributed by atoms with Crippen LogP contribution in [0, 0.1) is 0 Å². The molecule has 1 aliphatic heterocycles. The molecular formula is C20H38IN5O3. The number of nitrogens with zero attached hydrogens (tertiary/aromatic N) is 3. The molecule has 168 valence electrons. The van der Waals surface area contributed by atoms with E-state index in [-0.39, 0.29) is 24.0 Å². The smallest absolute Gasteiger partial charge is 0.191 e. The highest BCUT2D eigenvalue weighted by molar-refractivity contribution is 14.0. The Hall–Kier alpha value is -0.880. The van der Waals surface area contributed by atoms with Gasteiger partial charge < -0.3 is 29.8 Å². The number of hydrogen-bond acceptors (Lipinski definition) is 6. The Balaban J connectivity index is 0.00000420. The summed E-state index contributed by atoms with van der Waals surface area (Å²) in [4.78, 5) is 9.00. The third-order valence-corrected chi connectivity index (χ3v) is 4.53. The number of nitrogens with one attached hydrogen (secondary N) is 2. The molecular weight excluding hydrogens is 485 g/mol. The van der Waals surface area contributed by atoms with Gasteiger partial charge >= 0.3 is 0 Å². The number of aliphatic imine (C=N–C) groups is 1. The van der Waals surface area contributed by atoms with Crippen LogP contribution < -0.4 is 10.6 Å². The van der Waals surface area contributed by atoms with Crippen LogP contribution in [-0.2, 0) is 11.2 Å². The van der Waals surface area contributed by atoms with Gasteiger partial charge in [-0.3, -0.25) is 9.89 Å². The number of morpholine rings is 1. The average molecular weight is 523 g/mol. The van der Waals surface area contributed by atoms with Crippen LogP contribution in [0.15, 0.2) is 27.8 Å². The summed E-state index contributed by atoms with van der Waals surface area (Å²) < 4.78 is 10.8. The fourth-order valence-electron chi connectivity index (χ4n) is 3.25. The second kappa shape index (κ2) is 14.2. The molecule has 1 aromatic heterocycles. The quantitative estimate of drug-likeness (QED) is 0.173. The molecule has 0 saturated carbocycles. The average Bonchev–Trinajstić information content (AvgIpc) is 3.16. The first kappa shape index (κ1) is 26.2. The summed E-state index contributed by atoms with van der Waals surface area (Å²) in [5, 5.41) is 17.2. The molecule has 1 fully saturated rings. The van der Waals surface area contributed by atoms with Gasteiger partial charge in [-0.1, -0.05) is 0 Å². The minimum absolute atomic E-state index is 0. The summed E-state index contributed by atoms with van der Waals surface area (Å²) >= 11 is 0. The van der Waals surface area contributed by atoms with Crippen LogP contribution in [0.25, 0.3) is 0 Å². The largest absolute Gasteiger partial charge is 0.469 e. The van der Waals surface area contributed by atoms with E-state index in [0.29, 0.717) is 13.1 Å². The van der Waals surface area contributed by atoms with Gasteiger partial charge in [0.25, 0.3) is 0 Å². The van der Waals surface area contributed by atoms with Crippen LogP contribution in [0.2, 0.25) is 0 Å². The molecule has 29 heavy (non-hydrogen) atoms. The first-order valence-electron chi connectivity index (χ1n) is 10.2. The second-order valence-corrected chi connectivity index (χ2v) is 7.89. The van der Waals surface area contributed by atoms with Crippen molar-refractivity contribution in [3.05, 3.63) is 24.2 Å². The van der Waals surface area contributed by atoms with Gasteiger partial charge in [0.1, 0.15) is 5.76 Å². The lowest BCUT2D eigenvalue weighted by molar-refractivity contribution is 0.0376. The molecule has 0 aromatic carbocycles. The van der Waals surface area contributed by atoms with E-state index >= 15 is 0 Å². The van der Waals surface area contributed by atoms with Crippen molar-refractivity contribution in [1.82, 2.24) is 20.4 Å². The molecule has 8 nitrogen and oxygen atoms in total. The van der Waals surface area contributed by atoms with Gasteiger partial charge in [0.2, 0.25) is 0 Å². The number of halogens is 1. The summed E-state index contributed by atoms with van der Waals surface area (Å²) in [6.07, 6.45) is 3.51. The number of likely N-dealkylation sites (N-methyl/N-ethyl adjacent to an activating group) is 1. The van der Waals surface area contributed by atoms with E-state index in [0.717, 1.165) is 70.5 Å². The van der Waals surface area contributed by atoms with Crippen LogP contribution in [0.3, 0.4) is 0 Å². The molecule has 1 aromatic rings. The normalized spacial score (nSPS) is 17.6. The van der Waals surface area contributed by atoms with E-state index in [2.05, 4.69) is 20.5 Å². The van der Waals surface area contributed by atoms with Crippen molar-refractivity contribution in [2.45, 2.75) is 25.4 Å². The third-order valence-electron chi connectivity index (χ3n) is 4.53. The maximum Gasteiger partial charge on any atom is 0.191 e. The molecule has 2 heterocycles. The minimum Gasteiger partial charge on any atom is -0.469 e. The standard InChI is InChI=1S/C20H37N5O3.HI/c1-20(26,17-24(2)3)16-23-19(22-9-7-18-6-4-13-28-18)21-8-5-10-25-11-14-27-15-12-25;/h4,6,13,26H,5,7-12,14-17H2,1-3H3,(H2,21,22,23);1H. The molecule has 2 rings (SSSR count). The molecule has 1 saturated heterocycles. The Labute approximate surface area is 192 Å². The van der Waals surface area contributed by atoms with Crippen molar-refractivity contribution in [2.75, 3.05) is 73.1 Å². The van der Waals surface area contributed by atoms with Gasteiger partial charge in [-0.25, -0.2) is 0 Å². The zero-order valence-electron chi connectivity index (χ0n) is 18.0. The third kappa shape index (κ3) is 11.8. The zero-order valence-corrected chi connectivity index (χ0v) is 20.4. The van der Waals surface area contributed by atoms with Gasteiger partial charge in [-0.05, 0) is 46.1 Å². The Kier molecular flexibility index (Phi) is 12.8. The summed E-state index contributed by atoms with van der Waals surface area (Å²) in [6.45, 7) is 9.00. The van der Waals surface area contributed by atoms with E-state index in [9.17, 15) is 5.11 Å². The molecule has 1 aliphatic rings. The summed E-state index contributed by atoms with van der Waals surface area (Å²) in [6, 6.07) is 3.86. The Bertz CT molecular complexity index is 560. The Morgan fingerprint density at radius 2 is 2.00 bits per heavy atom. The van der Waals surface area contributed by atoms with Crippen LogP contribution in [0.1, 0.15) is 19.1 Å². The fraction of sp³-hybridized carbons (Fsp3) is 0.750. The SMILES string of the molecule is CN(C)CC(C)(O)CN=C(NCCCN1CCOCC1)NCCc1ccco1.I. The number of rotatable bonds is 11. The number of hydrogen-bond donors (Lipinski definition) is 3. The first-order chi connectivity index (χ1) is 13.4. The summed E-state index contributed by atoms with van der Waals surface area (Å²) in [5.74, 6) is 1.67. The van der Waals surface area contributed by atoms with Crippen molar-refractivity contribution in [3.63, 3.8) is 0 Å². The molecule has 0 bridgehead atoms. The zero-order chi connectivity index (χ0) is 20.2. The lowest BCUT2D eigenvalue weighted by Crippen LogP contribution is -2.44. The van der Waals surface area contributed by atoms with E-state index in [4.69, 9.17) is 9.15 Å². The predicted molar refractivity (Wildman–Crippen MR) is 127 cm³/mol. The number of guanidine groups is 1. The van der Waals surface area contributed by atoms with Crippen molar-refractivity contribution in [1.29, 1.82) is 0 Å². The molecule has 0 radical (unpaired) electrons. The van der Waals surface area contributed by atoms with E-state index in [1.165, 1.54) is 0 Å². The van der Waals surface area contributed by atoms with E-state index in [1.807, 2.05) is 38.1 Å². The molecule has 1 unspecified atom stereocenters. The summed E-state index contributed by atoms with van der Waals surface area (Å²) in [5.41, 5.74) is -0.868. The molecule has 0 spiro atoms. The van der Waals surface area contributed by atoms with Gasteiger partial charge in [-0.2, -0.15) is 0 Å². The molecule has 9 heteroatoms. The van der Waals surface area contributed by atoms with Crippen LogP contribution in [0.5, 0.6) is 0 Å². The highest BCUT2D eigenvalue weighted by atomic mass is 127. The van der Waals surface area contributed by atoms with Gasteiger partial charge in [-0.15, -0.1) is 24.0 Å². The predicted octanol–water partition coefficient (Wildman–Crippen LogP) is 1.01. The van der Waals surface area contributed by atoms with Crippen molar-refractivity contribution >= 4 is 29.9 Å². The lowest BCUT2D eigenvalue weighted by atomic mass is 10.1. The van der Waals surface area contributed by atoms with Crippen molar-refractivity contribution < 1.29 is 14.3 Å². The van der Waals surface area contributed by atoms with Gasteiger partial charge in [0.15, 0.2) is 5.96 Å². The van der Waals surface area contributed by atoms with Gasteiger partial charge in [0.05, 0.1) is 31.6 Å². The maximum absolute atomic E-state index is 10.5. The first-order valence-corrected chi connectivity index (χ1v) is 10.2. The highest BCUT2D eigenvalue weighted by Crippen LogP contribution is 2.05. The Morgan fingerprint density at radius 1 is 1.28 bits per heavy atom.